The number of thiazole rings is 1. The lowest BCUT2D eigenvalue weighted by molar-refractivity contribution is -0.120. The van der Waals surface area contributed by atoms with Gasteiger partial charge in [-0.05, 0) is 49.9 Å². The molecule has 9 heteroatoms. The van der Waals surface area contributed by atoms with Gasteiger partial charge in [0.05, 0.1) is 23.7 Å². The summed E-state index contributed by atoms with van der Waals surface area (Å²) < 4.78 is 15.4. The summed E-state index contributed by atoms with van der Waals surface area (Å²) >= 11 is 3.22. The minimum atomic E-state index is -0.290. The van der Waals surface area contributed by atoms with Crippen molar-refractivity contribution >= 4 is 29.0 Å². The number of halogens is 1. The van der Waals surface area contributed by atoms with Gasteiger partial charge in [0.2, 0.25) is 5.91 Å². The van der Waals surface area contributed by atoms with Crippen molar-refractivity contribution < 1.29 is 9.18 Å². The third-order valence-corrected chi connectivity index (χ3v) is 7.39. The monoisotopic (exact) mass is 459 g/mol. The van der Waals surface area contributed by atoms with Crippen molar-refractivity contribution in [2.45, 2.75) is 57.1 Å². The van der Waals surface area contributed by atoms with E-state index in [-0.39, 0.29) is 24.7 Å². The van der Waals surface area contributed by atoms with E-state index < -0.39 is 0 Å². The van der Waals surface area contributed by atoms with Crippen LogP contribution in [0.5, 0.6) is 0 Å². The van der Waals surface area contributed by atoms with Crippen LogP contribution in [0.4, 0.5) is 4.39 Å². The Hall–Kier alpha value is -2.26. The van der Waals surface area contributed by atoms with E-state index in [1.54, 1.807) is 23.9 Å². The predicted octanol–water partition coefficient (Wildman–Crippen LogP) is 4.70. The molecule has 2 aromatic heterocycles. The van der Waals surface area contributed by atoms with Crippen LogP contribution in [0.1, 0.15) is 48.6 Å². The Morgan fingerprint density at radius 1 is 1.23 bits per heavy atom. The van der Waals surface area contributed by atoms with Gasteiger partial charge in [0.15, 0.2) is 11.0 Å². The number of aromatic nitrogens is 4. The maximum absolute atomic E-state index is 13.5. The molecule has 31 heavy (non-hydrogen) atoms. The van der Waals surface area contributed by atoms with Gasteiger partial charge >= 0.3 is 0 Å². The van der Waals surface area contributed by atoms with Crippen LogP contribution in [0, 0.1) is 18.7 Å². The van der Waals surface area contributed by atoms with Crippen LogP contribution >= 0.6 is 23.1 Å². The highest BCUT2D eigenvalue weighted by Gasteiger charge is 2.19. The molecule has 6 nitrogen and oxygen atoms in total. The van der Waals surface area contributed by atoms with Crippen molar-refractivity contribution in [3.8, 4) is 5.69 Å². The molecular formula is C22H26FN5OS2. The Balaban J connectivity index is 1.47. The Morgan fingerprint density at radius 3 is 2.71 bits per heavy atom. The first kappa shape index (κ1) is 22.0. The molecule has 0 radical (unpaired) electrons. The molecule has 2 heterocycles. The molecule has 0 unspecified atom stereocenters. The summed E-state index contributed by atoms with van der Waals surface area (Å²) in [5, 5.41) is 15.2. The molecule has 1 amide bonds. The van der Waals surface area contributed by atoms with Crippen LogP contribution in [0.15, 0.2) is 34.8 Å². The fourth-order valence-corrected chi connectivity index (χ4v) is 5.57. The summed E-state index contributed by atoms with van der Waals surface area (Å²) in [6.07, 6.45) is 6.68. The highest BCUT2D eigenvalue weighted by Crippen LogP contribution is 2.30. The number of amides is 1. The van der Waals surface area contributed by atoms with Gasteiger partial charge < -0.3 is 5.32 Å². The summed E-state index contributed by atoms with van der Waals surface area (Å²) in [6, 6.07) is 6.29. The second kappa shape index (κ2) is 10.4. The summed E-state index contributed by atoms with van der Waals surface area (Å²) in [7, 11) is 0. The minimum absolute atomic E-state index is 0.115. The van der Waals surface area contributed by atoms with Crippen molar-refractivity contribution in [2.24, 2.45) is 5.92 Å². The molecule has 1 aliphatic rings. The molecule has 0 saturated heterocycles. The van der Waals surface area contributed by atoms with Gasteiger partial charge in [0, 0.05) is 16.8 Å². The molecule has 0 spiro atoms. The SMILES string of the molecule is Cc1nc(CC(=O)NCc2nnc(SCC3CCCCC3)n2-c2ccc(F)cc2)cs1. The number of hydrogen-bond acceptors (Lipinski definition) is 6. The number of nitrogens with zero attached hydrogens (tertiary/aromatic N) is 4. The van der Waals surface area contributed by atoms with Gasteiger partial charge in [-0.3, -0.25) is 9.36 Å². The first-order valence-corrected chi connectivity index (χ1v) is 12.5. The number of rotatable bonds is 8. The van der Waals surface area contributed by atoms with Crippen LogP contribution in [0.2, 0.25) is 0 Å². The van der Waals surface area contributed by atoms with E-state index >= 15 is 0 Å². The highest BCUT2D eigenvalue weighted by atomic mass is 32.2. The minimum Gasteiger partial charge on any atom is -0.348 e. The van der Waals surface area contributed by atoms with Gasteiger partial charge in [-0.15, -0.1) is 21.5 Å². The molecule has 4 rings (SSSR count). The predicted molar refractivity (Wildman–Crippen MR) is 121 cm³/mol. The molecule has 1 N–H and O–H groups in total. The molecule has 0 bridgehead atoms. The van der Waals surface area contributed by atoms with E-state index in [9.17, 15) is 9.18 Å². The summed E-state index contributed by atoms with van der Waals surface area (Å²) in [6.45, 7) is 2.17. The zero-order valence-corrected chi connectivity index (χ0v) is 19.1. The van der Waals surface area contributed by atoms with Crippen molar-refractivity contribution in [1.82, 2.24) is 25.1 Å². The molecular weight excluding hydrogens is 433 g/mol. The zero-order chi connectivity index (χ0) is 21.6. The number of aryl methyl sites for hydroxylation is 1. The molecule has 0 aliphatic heterocycles. The van der Waals surface area contributed by atoms with Gasteiger partial charge in [-0.1, -0.05) is 31.0 Å². The van der Waals surface area contributed by atoms with E-state index in [1.165, 1.54) is 55.6 Å². The van der Waals surface area contributed by atoms with Gasteiger partial charge in [-0.2, -0.15) is 0 Å². The van der Waals surface area contributed by atoms with Gasteiger partial charge in [0.1, 0.15) is 5.82 Å². The van der Waals surface area contributed by atoms with E-state index in [4.69, 9.17) is 0 Å². The molecule has 164 valence electrons. The molecule has 0 atom stereocenters. The summed E-state index contributed by atoms with van der Waals surface area (Å²) in [4.78, 5) is 16.7. The van der Waals surface area contributed by atoms with Crippen molar-refractivity contribution in [1.29, 1.82) is 0 Å². The Bertz CT molecular complexity index is 1010. The Morgan fingerprint density at radius 2 is 2.00 bits per heavy atom. The molecule has 3 aromatic rings. The third kappa shape index (κ3) is 5.92. The van der Waals surface area contributed by atoms with Gasteiger partial charge in [-0.25, -0.2) is 9.37 Å². The van der Waals surface area contributed by atoms with E-state index in [1.807, 2.05) is 16.9 Å². The molecule has 1 aliphatic carbocycles. The normalized spacial score (nSPS) is 14.6. The number of carbonyl (C=O) groups excluding carboxylic acids is 1. The number of thioether (sulfide) groups is 1. The fraction of sp³-hybridized carbons (Fsp3) is 0.455. The van der Waals surface area contributed by atoms with Crippen LogP contribution in [0.25, 0.3) is 5.69 Å². The highest BCUT2D eigenvalue weighted by molar-refractivity contribution is 7.99. The third-order valence-electron chi connectivity index (χ3n) is 5.41. The van der Waals surface area contributed by atoms with Crippen molar-refractivity contribution in [3.05, 3.63) is 52.0 Å². The van der Waals surface area contributed by atoms with E-state index in [2.05, 4.69) is 20.5 Å². The summed E-state index contributed by atoms with van der Waals surface area (Å²) in [5.41, 5.74) is 1.56. The van der Waals surface area contributed by atoms with Crippen molar-refractivity contribution in [2.75, 3.05) is 5.75 Å². The summed E-state index contributed by atoms with van der Waals surface area (Å²) in [5.74, 6) is 1.91. The van der Waals surface area contributed by atoms with E-state index in [0.717, 1.165) is 27.3 Å². The maximum Gasteiger partial charge on any atom is 0.226 e. The first-order chi connectivity index (χ1) is 15.1. The molecule has 1 saturated carbocycles. The second-order valence-corrected chi connectivity index (χ2v) is 9.89. The number of benzene rings is 1. The average Bonchev–Trinajstić information content (AvgIpc) is 3.37. The fourth-order valence-electron chi connectivity index (χ4n) is 3.80. The number of carbonyl (C=O) groups is 1. The number of hydrogen-bond donors (Lipinski definition) is 1. The lowest BCUT2D eigenvalue weighted by Crippen LogP contribution is -2.26. The second-order valence-electron chi connectivity index (χ2n) is 7.84. The molecule has 1 aromatic carbocycles. The Kier molecular flexibility index (Phi) is 7.34. The maximum atomic E-state index is 13.5. The lowest BCUT2D eigenvalue weighted by atomic mass is 9.91. The first-order valence-electron chi connectivity index (χ1n) is 10.6. The van der Waals surface area contributed by atoms with Crippen molar-refractivity contribution in [3.63, 3.8) is 0 Å². The molecule has 1 fully saturated rings. The van der Waals surface area contributed by atoms with Crippen LogP contribution in [0.3, 0.4) is 0 Å². The Labute approximate surface area is 189 Å². The topological polar surface area (TPSA) is 72.7 Å². The largest absolute Gasteiger partial charge is 0.348 e. The quantitative estimate of drug-likeness (QED) is 0.494. The standard InChI is InChI=1S/C22H26FN5OS2/c1-15-25-18(14-30-15)11-21(29)24-12-20-26-27-22(31-13-16-5-3-2-4-6-16)28(20)19-9-7-17(23)8-10-19/h7-10,14,16H,2-6,11-13H2,1H3,(H,24,29). The number of nitrogens with one attached hydrogen (secondary N) is 1. The van der Waals surface area contributed by atoms with Gasteiger partial charge in [0.25, 0.3) is 0 Å². The van der Waals surface area contributed by atoms with Crippen LogP contribution < -0.4 is 5.32 Å². The van der Waals surface area contributed by atoms with Crippen LogP contribution in [-0.4, -0.2) is 31.4 Å². The van der Waals surface area contributed by atoms with E-state index in [0.29, 0.717) is 11.7 Å². The van der Waals surface area contributed by atoms with Crippen LogP contribution in [-0.2, 0) is 17.8 Å². The lowest BCUT2D eigenvalue weighted by Gasteiger charge is -2.20. The smallest absolute Gasteiger partial charge is 0.226 e. The zero-order valence-electron chi connectivity index (χ0n) is 17.5. The average molecular weight is 460 g/mol.